The summed E-state index contributed by atoms with van der Waals surface area (Å²) < 4.78 is 1.93. The molecule has 5 heteroatoms. The zero-order chi connectivity index (χ0) is 13.2. The molecular weight excluding hydrogens is 242 g/mol. The van der Waals surface area contributed by atoms with Crippen molar-refractivity contribution in [2.45, 2.75) is 19.4 Å². The maximum Gasteiger partial charge on any atom is 0.153 e. The first-order valence-electron chi connectivity index (χ1n) is 6.76. The lowest BCUT2D eigenvalue weighted by atomic mass is 9.99. The van der Waals surface area contributed by atoms with E-state index in [4.69, 9.17) is 0 Å². The average Bonchev–Trinajstić information content (AvgIpc) is 2.86. The average molecular weight is 261 g/mol. The highest BCUT2D eigenvalue weighted by molar-refractivity contribution is 5.56. The van der Waals surface area contributed by atoms with E-state index in [9.17, 15) is 10.2 Å². The molecule has 0 aromatic carbocycles. The van der Waals surface area contributed by atoms with Crippen LogP contribution >= 0.6 is 0 Å². The molecule has 19 heavy (non-hydrogen) atoms. The lowest BCUT2D eigenvalue weighted by molar-refractivity contribution is 0.208. The first-order chi connectivity index (χ1) is 9.33. The molecule has 3 heterocycles. The van der Waals surface area contributed by atoms with Crippen molar-refractivity contribution in [2.24, 2.45) is 5.92 Å². The second-order valence-electron chi connectivity index (χ2n) is 5.11. The van der Waals surface area contributed by atoms with Crippen molar-refractivity contribution in [1.82, 2.24) is 9.38 Å². The molecule has 1 atom stereocenters. The van der Waals surface area contributed by atoms with Gasteiger partial charge in [0.15, 0.2) is 5.82 Å². The summed E-state index contributed by atoms with van der Waals surface area (Å²) >= 11 is 0. The van der Waals surface area contributed by atoms with Crippen molar-refractivity contribution >= 4 is 11.5 Å². The molecule has 2 N–H and O–H groups in total. The van der Waals surface area contributed by atoms with Gasteiger partial charge in [-0.05, 0) is 30.9 Å². The molecule has 0 amide bonds. The van der Waals surface area contributed by atoms with Gasteiger partial charge in [0.2, 0.25) is 0 Å². The van der Waals surface area contributed by atoms with Crippen LogP contribution in [-0.4, -0.2) is 39.3 Å². The van der Waals surface area contributed by atoms with E-state index in [0.717, 1.165) is 43.1 Å². The number of hydrogen-bond donors (Lipinski definition) is 2. The second-order valence-corrected chi connectivity index (χ2v) is 5.11. The summed E-state index contributed by atoms with van der Waals surface area (Å²) in [5.74, 6) is 1.16. The first-order valence-corrected chi connectivity index (χ1v) is 6.76. The van der Waals surface area contributed by atoms with Crippen LogP contribution in [0.5, 0.6) is 0 Å². The molecule has 1 unspecified atom stereocenters. The Bertz CT molecular complexity index is 567. The van der Waals surface area contributed by atoms with Crippen molar-refractivity contribution in [2.75, 3.05) is 24.6 Å². The first kappa shape index (κ1) is 12.4. The number of hydrogen-bond acceptors (Lipinski definition) is 4. The smallest absolute Gasteiger partial charge is 0.153 e. The quantitative estimate of drug-likeness (QED) is 0.866. The van der Waals surface area contributed by atoms with Crippen LogP contribution in [0.1, 0.15) is 18.5 Å². The molecule has 1 aliphatic rings. The summed E-state index contributed by atoms with van der Waals surface area (Å²) in [5.41, 5.74) is 1.68. The maximum absolute atomic E-state index is 9.62. The minimum atomic E-state index is -0.0270. The summed E-state index contributed by atoms with van der Waals surface area (Å²) in [4.78, 5) is 6.81. The van der Waals surface area contributed by atoms with Crippen LogP contribution in [0.4, 0.5) is 5.82 Å². The van der Waals surface area contributed by atoms with Gasteiger partial charge in [-0.25, -0.2) is 4.98 Å². The minimum Gasteiger partial charge on any atom is -0.396 e. The number of aromatic nitrogens is 2. The molecule has 0 saturated carbocycles. The van der Waals surface area contributed by atoms with Crippen molar-refractivity contribution in [3.8, 4) is 0 Å². The van der Waals surface area contributed by atoms with E-state index in [2.05, 4.69) is 9.88 Å². The number of pyridine rings is 1. The highest BCUT2D eigenvalue weighted by atomic mass is 16.3. The molecule has 5 nitrogen and oxygen atoms in total. The third kappa shape index (κ3) is 2.19. The zero-order valence-electron chi connectivity index (χ0n) is 10.9. The molecule has 1 fully saturated rings. The van der Waals surface area contributed by atoms with Gasteiger partial charge in [0.1, 0.15) is 5.65 Å². The maximum atomic E-state index is 9.62. The Morgan fingerprint density at radius 1 is 1.32 bits per heavy atom. The topological polar surface area (TPSA) is 61.0 Å². The molecule has 2 aromatic rings. The van der Waals surface area contributed by atoms with E-state index in [-0.39, 0.29) is 13.2 Å². The number of aliphatic hydroxyl groups excluding tert-OH is 2. The van der Waals surface area contributed by atoms with Gasteiger partial charge in [-0.2, -0.15) is 0 Å². The van der Waals surface area contributed by atoms with E-state index in [1.165, 1.54) is 0 Å². The normalized spacial score (nSPS) is 20.1. The number of nitrogens with zero attached hydrogens (tertiary/aromatic N) is 3. The monoisotopic (exact) mass is 261 g/mol. The lowest BCUT2D eigenvalue weighted by Crippen LogP contribution is -2.37. The summed E-state index contributed by atoms with van der Waals surface area (Å²) in [6, 6.07) is 5.82. The van der Waals surface area contributed by atoms with E-state index < -0.39 is 0 Å². The molecule has 0 spiro atoms. The number of fused-ring (bicyclic) bond motifs is 1. The molecule has 0 aliphatic carbocycles. The minimum absolute atomic E-state index is 0.0270. The standard InChI is InChI=1S/C14H19N3O2/c18-9-11-4-3-6-16(8-11)14-12(10-19)17-7-2-1-5-13(17)15-14/h1-2,5,7,11,18-19H,3-4,6,8-10H2. The lowest BCUT2D eigenvalue weighted by Gasteiger charge is -2.32. The van der Waals surface area contributed by atoms with E-state index in [1.807, 2.05) is 28.8 Å². The van der Waals surface area contributed by atoms with Crippen LogP contribution in [0.2, 0.25) is 0 Å². The summed E-state index contributed by atoms with van der Waals surface area (Å²) in [5, 5.41) is 18.9. The predicted octanol–water partition coefficient (Wildman–Crippen LogP) is 1.04. The molecular formula is C14H19N3O2. The van der Waals surface area contributed by atoms with Crippen molar-refractivity contribution < 1.29 is 10.2 Å². The van der Waals surface area contributed by atoms with Gasteiger partial charge in [-0.3, -0.25) is 4.40 Å². The fraction of sp³-hybridized carbons (Fsp3) is 0.500. The third-order valence-electron chi connectivity index (χ3n) is 3.83. The van der Waals surface area contributed by atoms with Crippen LogP contribution in [0.15, 0.2) is 24.4 Å². The molecule has 102 valence electrons. The van der Waals surface area contributed by atoms with Gasteiger partial charge in [-0.1, -0.05) is 6.07 Å². The van der Waals surface area contributed by atoms with Gasteiger partial charge < -0.3 is 15.1 Å². The Kier molecular flexibility index (Phi) is 3.40. The van der Waals surface area contributed by atoms with Crippen LogP contribution in [0.3, 0.4) is 0 Å². The van der Waals surface area contributed by atoms with Gasteiger partial charge in [-0.15, -0.1) is 0 Å². The number of anilines is 1. The van der Waals surface area contributed by atoms with Crippen LogP contribution < -0.4 is 4.90 Å². The fourth-order valence-corrected chi connectivity index (χ4v) is 2.84. The largest absolute Gasteiger partial charge is 0.396 e. The van der Waals surface area contributed by atoms with E-state index in [1.54, 1.807) is 0 Å². The Hall–Kier alpha value is -1.59. The van der Waals surface area contributed by atoms with Crippen molar-refractivity contribution in [1.29, 1.82) is 0 Å². The van der Waals surface area contributed by atoms with Crippen LogP contribution in [0.25, 0.3) is 5.65 Å². The fourth-order valence-electron chi connectivity index (χ4n) is 2.84. The molecule has 1 saturated heterocycles. The predicted molar refractivity (Wildman–Crippen MR) is 73.1 cm³/mol. The van der Waals surface area contributed by atoms with Gasteiger partial charge in [0.25, 0.3) is 0 Å². The third-order valence-corrected chi connectivity index (χ3v) is 3.83. The Morgan fingerprint density at radius 2 is 2.21 bits per heavy atom. The number of piperidine rings is 1. The molecule has 2 aromatic heterocycles. The number of imidazole rings is 1. The van der Waals surface area contributed by atoms with E-state index in [0.29, 0.717) is 5.92 Å². The van der Waals surface area contributed by atoms with Crippen molar-refractivity contribution in [3.63, 3.8) is 0 Å². The Labute approximate surface area is 112 Å². The van der Waals surface area contributed by atoms with Gasteiger partial charge >= 0.3 is 0 Å². The summed E-state index contributed by atoms with van der Waals surface area (Å²) in [7, 11) is 0. The Balaban J connectivity index is 1.99. The van der Waals surface area contributed by atoms with E-state index >= 15 is 0 Å². The zero-order valence-corrected chi connectivity index (χ0v) is 10.9. The SMILES string of the molecule is OCc1c(N2CCCC(CO)C2)nc2ccccn12. The second kappa shape index (κ2) is 5.19. The molecule has 0 radical (unpaired) electrons. The number of aliphatic hydroxyl groups is 2. The molecule has 0 bridgehead atoms. The highest BCUT2D eigenvalue weighted by Gasteiger charge is 2.24. The number of rotatable bonds is 3. The summed E-state index contributed by atoms with van der Waals surface area (Å²) in [6.07, 6.45) is 4.05. The Morgan fingerprint density at radius 3 is 3.00 bits per heavy atom. The molecule has 3 rings (SSSR count). The van der Waals surface area contributed by atoms with Gasteiger partial charge in [0.05, 0.1) is 12.3 Å². The van der Waals surface area contributed by atoms with Crippen LogP contribution in [-0.2, 0) is 6.61 Å². The highest BCUT2D eigenvalue weighted by Crippen LogP contribution is 2.26. The van der Waals surface area contributed by atoms with Gasteiger partial charge in [0, 0.05) is 25.9 Å². The molecule has 1 aliphatic heterocycles. The van der Waals surface area contributed by atoms with Crippen LogP contribution in [0, 0.1) is 5.92 Å². The summed E-state index contributed by atoms with van der Waals surface area (Å²) in [6.45, 7) is 1.94. The van der Waals surface area contributed by atoms with Crippen molar-refractivity contribution in [3.05, 3.63) is 30.1 Å².